The molecule has 7 nitrogen and oxygen atoms in total. The summed E-state index contributed by atoms with van der Waals surface area (Å²) in [5.74, 6) is 1.09. The molecule has 1 aliphatic rings. The lowest BCUT2D eigenvalue weighted by Crippen LogP contribution is -2.20. The topological polar surface area (TPSA) is 99.9 Å². The van der Waals surface area contributed by atoms with E-state index in [9.17, 15) is 9.59 Å². The number of benzene rings is 1. The first-order chi connectivity index (χ1) is 15.4. The predicted molar refractivity (Wildman–Crippen MR) is 127 cm³/mol. The fourth-order valence-corrected chi connectivity index (χ4v) is 5.41. The highest BCUT2D eigenvalue weighted by molar-refractivity contribution is 7.17. The van der Waals surface area contributed by atoms with E-state index in [2.05, 4.69) is 12.2 Å². The summed E-state index contributed by atoms with van der Waals surface area (Å²) in [6.45, 7) is 9.05. The molecule has 0 bridgehead atoms. The Bertz CT molecular complexity index is 958. The van der Waals surface area contributed by atoms with E-state index in [0.717, 1.165) is 36.1 Å². The molecule has 1 aliphatic carbocycles. The number of nitrogens with two attached hydrogens (primary N) is 1. The second kappa shape index (κ2) is 10.7. The van der Waals surface area contributed by atoms with Crippen LogP contribution in [-0.4, -0.2) is 31.6 Å². The molecule has 1 atom stereocenters. The van der Waals surface area contributed by atoms with Gasteiger partial charge >= 0.3 is 0 Å². The van der Waals surface area contributed by atoms with Crippen molar-refractivity contribution >= 4 is 28.2 Å². The Morgan fingerprint density at radius 1 is 1.06 bits per heavy atom. The zero-order valence-electron chi connectivity index (χ0n) is 19.2. The van der Waals surface area contributed by atoms with E-state index in [1.807, 2.05) is 20.8 Å². The van der Waals surface area contributed by atoms with Crippen LogP contribution in [0.5, 0.6) is 17.2 Å². The molecule has 3 rings (SSSR count). The minimum Gasteiger partial charge on any atom is -0.490 e. The van der Waals surface area contributed by atoms with Crippen LogP contribution in [0.25, 0.3) is 0 Å². The Balaban J connectivity index is 1.96. The van der Waals surface area contributed by atoms with E-state index >= 15 is 0 Å². The van der Waals surface area contributed by atoms with Gasteiger partial charge in [0.15, 0.2) is 11.5 Å². The Labute approximate surface area is 193 Å². The lowest BCUT2D eigenvalue weighted by Gasteiger charge is -2.20. The average Bonchev–Trinajstić information content (AvgIpc) is 3.13. The highest BCUT2D eigenvalue weighted by atomic mass is 32.1. The van der Waals surface area contributed by atoms with Crippen LogP contribution in [0, 0.1) is 5.92 Å². The van der Waals surface area contributed by atoms with Gasteiger partial charge in [-0.2, -0.15) is 0 Å². The van der Waals surface area contributed by atoms with Gasteiger partial charge in [0.2, 0.25) is 5.75 Å². The SMILES string of the molecule is CCOc1cc(C(=O)Nc2sc3c(c2C(N)=O)CCC(CC)C3)cc(OCC)c1OCC. The van der Waals surface area contributed by atoms with E-state index in [4.69, 9.17) is 19.9 Å². The van der Waals surface area contributed by atoms with Crippen LogP contribution >= 0.6 is 11.3 Å². The molecule has 1 aromatic heterocycles. The molecular weight excluding hydrogens is 428 g/mol. The lowest BCUT2D eigenvalue weighted by atomic mass is 9.85. The maximum absolute atomic E-state index is 13.2. The monoisotopic (exact) mass is 460 g/mol. The van der Waals surface area contributed by atoms with Crippen molar-refractivity contribution in [3.63, 3.8) is 0 Å². The van der Waals surface area contributed by atoms with E-state index in [-0.39, 0.29) is 5.91 Å². The van der Waals surface area contributed by atoms with Crippen LogP contribution in [0.4, 0.5) is 5.00 Å². The van der Waals surface area contributed by atoms with E-state index in [1.165, 1.54) is 11.3 Å². The number of anilines is 1. The fourth-order valence-electron chi connectivity index (χ4n) is 4.05. The number of primary amides is 1. The molecule has 1 aromatic carbocycles. The summed E-state index contributed by atoms with van der Waals surface area (Å²) in [4.78, 5) is 26.6. The number of rotatable bonds is 10. The smallest absolute Gasteiger partial charge is 0.256 e. The fraction of sp³-hybridized carbons (Fsp3) is 0.500. The van der Waals surface area contributed by atoms with Crippen molar-refractivity contribution in [1.29, 1.82) is 0 Å². The van der Waals surface area contributed by atoms with E-state index < -0.39 is 5.91 Å². The Kier molecular flexibility index (Phi) is 8.01. The van der Waals surface area contributed by atoms with E-state index in [1.54, 1.807) is 12.1 Å². The first kappa shape index (κ1) is 23.9. The molecule has 8 heteroatoms. The third-order valence-corrected chi connectivity index (χ3v) is 6.76. The number of nitrogens with one attached hydrogen (secondary N) is 1. The highest BCUT2D eigenvalue weighted by Crippen LogP contribution is 2.42. The Morgan fingerprint density at radius 2 is 1.69 bits per heavy atom. The maximum atomic E-state index is 13.2. The molecular formula is C24H32N2O5S. The molecule has 32 heavy (non-hydrogen) atoms. The van der Waals surface area contributed by atoms with Crippen LogP contribution in [0.1, 0.15) is 71.7 Å². The Hall–Kier alpha value is -2.74. The number of carbonyl (C=O) groups excluding carboxylic acids is 2. The number of amides is 2. The number of ether oxygens (including phenoxy) is 3. The van der Waals surface area contributed by atoms with Gasteiger partial charge < -0.3 is 25.3 Å². The van der Waals surface area contributed by atoms with Crippen molar-refractivity contribution in [3.05, 3.63) is 33.7 Å². The molecule has 3 N–H and O–H groups in total. The van der Waals surface area contributed by atoms with Crippen molar-refractivity contribution in [2.75, 3.05) is 25.1 Å². The van der Waals surface area contributed by atoms with Gasteiger partial charge in [-0.3, -0.25) is 9.59 Å². The molecule has 0 aliphatic heterocycles. The van der Waals surface area contributed by atoms with Gasteiger partial charge in [-0.1, -0.05) is 13.3 Å². The zero-order valence-corrected chi connectivity index (χ0v) is 20.0. The summed E-state index contributed by atoms with van der Waals surface area (Å²) in [6.07, 6.45) is 3.85. The van der Waals surface area contributed by atoms with Gasteiger partial charge in [0.1, 0.15) is 5.00 Å². The van der Waals surface area contributed by atoms with Gasteiger partial charge in [0.25, 0.3) is 11.8 Å². The number of fused-ring (bicyclic) bond motifs is 1. The molecule has 0 saturated heterocycles. The first-order valence-electron chi connectivity index (χ1n) is 11.2. The number of hydrogen-bond acceptors (Lipinski definition) is 6. The van der Waals surface area contributed by atoms with Gasteiger partial charge in [0.05, 0.1) is 25.4 Å². The van der Waals surface area contributed by atoms with Crippen LogP contribution in [-0.2, 0) is 12.8 Å². The normalized spacial score (nSPS) is 15.1. The van der Waals surface area contributed by atoms with Crippen molar-refractivity contribution in [1.82, 2.24) is 0 Å². The summed E-state index contributed by atoms with van der Waals surface area (Å²) < 4.78 is 17.1. The summed E-state index contributed by atoms with van der Waals surface area (Å²) in [7, 11) is 0. The van der Waals surface area contributed by atoms with Crippen LogP contribution in [0.15, 0.2) is 12.1 Å². The van der Waals surface area contributed by atoms with Gasteiger partial charge in [0, 0.05) is 10.4 Å². The van der Waals surface area contributed by atoms with Crippen LogP contribution in [0.2, 0.25) is 0 Å². The maximum Gasteiger partial charge on any atom is 0.256 e. The van der Waals surface area contributed by atoms with Crippen LogP contribution < -0.4 is 25.3 Å². The number of thiophene rings is 1. The highest BCUT2D eigenvalue weighted by Gasteiger charge is 2.28. The largest absolute Gasteiger partial charge is 0.490 e. The Morgan fingerprint density at radius 3 is 2.22 bits per heavy atom. The third-order valence-electron chi connectivity index (χ3n) is 5.59. The molecule has 0 spiro atoms. The molecule has 0 fully saturated rings. The molecule has 1 unspecified atom stereocenters. The third kappa shape index (κ3) is 5.01. The summed E-state index contributed by atoms with van der Waals surface area (Å²) >= 11 is 1.45. The lowest BCUT2D eigenvalue weighted by molar-refractivity contribution is 0.1000. The quantitative estimate of drug-likeness (QED) is 0.530. The summed E-state index contributed by atoms with van der Waals surface area (Å²) in [5, 5.41) is 3.42. The van der Waals surface area contributed by atoms with E-state index in [0.29, 0.717) is 59.1 Å². The van der Waals surface area contributed by atoms with Crippen molar-refractivity contribution in [3.8, 4) is 17.2 Å². The van der Waals surface area contributed by atoms with Crippen molar-refractivity contribution in [2.45, 2.75) is 53.4 Å². The van der Waals surface area contributed by atoms with Gasteiger partial charge in [-0.05, 0) is 63.6 Å². The summed E-state index contributed by atoms with van der Waals surface area (Å²) in [6, 6.07) is 3.27. The number of hydrogen-bond donors (Lipinski definition) is 2. The van der Waals surface area contributed by atoms with Gasteiger partial charge in [-0.25, -0.2) is 0 Å². The second-order valence-corrected chi connectivity index (χ2v) is 8.75. The molecule has 1 heterocycles. The van der Waals surface area contributed by atoms with Crippen LogP contribution in [0.3, 0.4) is 0 Å². The minimum absolute atomic E-state index is 0.355. The average molecular weight is 461 g/mol. The zero-order chi connectivity index (χ0) is 23.3. The molecule has 0 saturated carbocycles. The van der Waals surface area contributed by atoms with Gasteiger partial charge in [-0.15, -0.1) is 11.3 Å². The molecule has 0 radical (unpaired) electrons. The molecule has 2 amide bonds. The van der Waals surface area contributed by atoms with Crippen molar-refractivity contribution in [2.24, 2.45) is 11.7 Å². The first-order valence-corrected chi connectivity index (χ1v) is 12.1. The predicted octanol–water partition coefficient (Wildman–Crippen LogP) is 4.81. The number of carbonyl (C=O) groups is 2. The molecule has 174 valence electrons. The minimum atomic E-state index is -0.510. The summed E-state index contributed by atoms with van der Waals surface area (Å²) in [5.41, 5.74) is 7.48. The van der Waals surface area contributed by atoms with Crippen molar-refractivity contribution < 1.29 is 23.8 Å². The standard InChI is InChI=1S/C24H32N2O5S/c1-5-14-9-10-16-19(11-14)32-24(20(16)22(25)27)26-23(28)15-12-17(29-6-2)21(31-8-4)18(13-15)30-7-3/h12-14H,5-11H2,1-4H3,(H2,25,27)(H,26,28). The molecule has 2 aromatic rings. The second-order valence-electron chi connectivity index (χ2n) is 7.64.